The highest BCUT2D eigenvalue weighted by Crippen LogP contribution is 2.28. The molecule has 183 valence electrons. The van der Waals surface area contributed by atoms with E-state index in [-0.39, 0.29) is 5.75 Å². The standard InChI is InChI=1S/C14H12BF2N2O.C9H20.C4H10/c1-8(2)13-9(3)7-19(18-13)10-4-5-11-12(6-10)20-14(16,17)15-11;1-4-5-6-7-8-9(2)3;1-3-4-2/h4-7H,1H2,2-3H3;9H,4-8H2,1-3H3;3-4H2,1-2H3. The normalized spacial score (nSPS) is 13.2. The van der Waals surface area contributed by atoms with E-state index in [1.165, 1.54) is 44.9 Å². The molecule has 2 aromatic rings. The maximum Gasteiger partial charge on any atom is 0.350 e. The third-order valence-electron chi connectivity index (χ3n) is 5.27. The number of allylic oxidation sites excluding steroid dienone is 1. The molecule has 1 radical (unpaired) electrons. The molecule has 0 aliphatic carbocycles. The van der Waals surface area contributed by atoms with Crippen molar-refractivity contribution in [2.75, 3.05) is 0 Å². The van der Waals surface area contributed by atoms with Gasteiger partial charge in [-0.3, -0.25) is 0 Å². The van der Waals surface area contributed by atoms with Crippen LogP contribution in [0.5, 0.6) is 5.75 Å². The van der Waals surface area contributed by atoms with E-state index in [0.717, 1.165) is 30.0 Å². The van der Waals surface area contributed by atoms with Gasteiger partial charge in [-0.1, -0.05) is 92.2 Å². The first-order valence-corrected chi connectivity index (χ1v) is 12.3. The molecule has 0 fully saturated rings. The first-order chi connectivity index (χ1) is 15.5. The average Bonchev–Trinajstić information content (AvgIpc) is 3.29. The third kappa shape index (κ3) is 10.1. The van der Waals surface area contributed by atoms with Crippen molar-refractivity contribution >= 4 is 18.3 Å². The maximum absolute atomic E-state index is 13.1. The van der Waals surface area contributed by atoms with Crippen LogP contribution in [0.15, 0.2) is 31.0 Å². The van der Waals surface area contributed by atoms with Gasteiger partial charge in [0.2, 0.25) is 0 Å². The van der Waals surface area contributed by atoms with Crippen molar-refractivity contribution in [2.45, 2.75) is 99.4 Å². The van der Waals surface area contributed by atoms with Crippen molar-refractivity contribution in [2.24, 2.45) is 5.92 Å². The Morgan fingerprint density at radius 2 is 1.79 bits per heavy atom. The number of ether oxygens (including phenoxy) is 1. The molecule has 6 heteroatoms. The van der Waals surface area contributed by atoms with Gasteiger partial charge < -0.3 is 4.74 Å². The SMILES string of the molecule is C=C(C)c1nn(-c2ccc3c(c2)OC(F)(F)[B]3)cc1C.CCCC.CCCCCCC(C)C. The van der Waals surface area contributed by atoms with Crippen LogP contribution in [0.4, 0.5) is 8.78 Å². The Kier molecular flexibility index (Phi) is 12.5. The first-order valence-electron chi connectivity index (χ1n) is 12.3. The summed E-state index contributed by atoms with van der Waals surface area (Å²) in [6, 6.07) is 1.66. The van der Waals surface area contributed by atoms with E-state index >= 15 is 0 Å². The van der Waals surface area contributed by atoms with Crippen molar-refractivity contribution < 1.29 is 13.5 Å². The van der Waals surface area contributed by atoms with E-state index in [0.29, 0.717) is 11.2 Å². The molecule has 1 aromatic heterocycles. The van der Waals surface area contributed by atoms with E-state index in [2.05, 4.69) is 51.0 Å². The Labute approximate surface area is 200 Å². The molecular formula is C27H42BF2N2O. The minimum absolute atomic E-state index is 0.164. The van der Waals surface area contributed by atoms with E-state index in [9.17, 15) is 8.78 Å². The number of hydrogen-bond donors (Lipinski definition) is 0. The van der Waals surface area contributed by atoms with Crippen LogP contribution >= 0.6 is 0 Å². The van der Waals surface area contributed by atoms with Gasteiger partial charge in [0.1, 0.15) is 5.75 Å². The fraction of sp³-hybridized carbons (Fsp3) is 0.593. The van der Waals surface area contributed by atoms with E-state index in [4.69, 9.17) is 0 Å². The van der Waals surface area contributed by atoms with Crippen LogP contribution < -0.4 is 10.2 Å². The highest BCUT2D eigenvalue weighted by atomic mass is 19.3. The highest BCUT2D eigenvalue weighted by molar-refractivity contribution is 6.58. The van der Waals surface area contributed by atoms with E-state index in [1.807, 2.05) is 20.0 Å². The van der Waals surface area contributed by atoms with Gasteiger partial charge in [-0.15, -0.1) is 0 Å². The maximum atomic E-state index is 13.1. The summed E-state index contributed by atoms with van der Waals surface area (Å²) in [6.07, 6.45) is 11.5. The van der Waals surface area contributed by atoms with Crippen LogP contribution in [0.2, 0.25) is 0 Å². The average molecular weight is 459 g/mol. The van der Waals surface area contributed by atoms with E-state index in [1.54, 1.807) is 22.9 Å². The molecule has 1 aliphatic rings. The van der Waals surface area contributed by atoms with Crippen LogP contribution in [-0.4, -0.2) is 23.1 Å². The van der Waals surface area contributed by atoms with E-state index < -0.39 is 6.01 Å². The summed E-state index contributed by atoms with van der Waals surface area (Å²) in [5.74, 6) is 1.07. The van der Waals surface area contributed by atoms with Crippen molar-refractivity contribution in [3.63, 3.8) is 0 Å². The zero-order valence-electron chi connectivity index (χ0n) is 21.7. The summed E-state index contributed by atoms with van der Waals surface area (Å²) >= 11 is 0. The molecule has 0 bridgehead atoms. The quantitative estimate of drug-likeness (QED) is 0.296. The lowest BCUT2D eigenvalue weighted by Gasteiger charge is -2.08. The largest absolute Gasteiger partial charge is 0.441 e. The number of hydrogen-bond acceptors (Lipinski definition) is 2. The van der Waals surface area contributed by atoms with Gasteiger partial charge in [-0.2, -0.15) is 13.9 Å². The van der Waals surface area contributed by atoms with Gasteiger partial charge >= 0.3 is 13.3 Å². The fourth-order valence-electron chi connectivity index (χ4n) is 3.22. The second-order valence-corrected chi connectivity index (χ2v) is 9.16. The molecule has 0 N–H and O–H groups in total. The van der Waals surface area contributed by atoms with Crippen molar-refractivity contribution in [3.05, 3.63) is 42.2 Å². The lowest BCUT2D eigenvalue weighted by atomic mass is 9.70. The van der Waals surface area contributed by atoms with Crippen LogP contribution in [0.3, 0.4) is 0 Å². The number of alkyl halides is 2. The molecule has 0 spiro atoms. The van der Waals surface area contributed by atoms with Gasteiger partial charge in [0.15, 0.2) is 0 Å². The van der Waals surface area contributed by atoms with Crippen LogP contribution in [0.1, 0.15) is 97.7 Å². The molecule has 0 atom stereocenters. The van der Waals surface area contributed by atoms with Gasteiger partial charge in [0.05, 0.1) is 11.4 Å². The minimum atomic E-state index is -3.23. The summed E-state index contributed by atoms with van der Waals surface area (Å²) in [5, 5.41) is 4.41. The first kappa shape index (κ1) is 28.9. The lowest BCUT2D eigenvalue weighted by molar-refractivity contribution is -0.0930. The Balaban J connectivity index is 0.000000351. The van der Waals surface area contributed by atoms with Crippen LogP contribution in [0, 0.1) is 12.8 Å². The summed E-state index contributed by atoms with van der Waals surface area (Å²) in [6.45, 7) is 18.9. The lowest BCUT2D eigenvalue weighted by Crippen LogP contribution is -2.30. The van der Waals surface area contributed by atoms with Crippen molar-refractivity contribution in [3.8, 4) is 11.4 Å². The summed E-state index contributed by atoms with van der Waals surface area (Å²) in [5.41, 5.74) is 3.71. The molecular weight excluding hydrogens is 417 g/mol. The smallest absolute Gasteiger partial charge is 0.350 e. The number of nitrogens with zero attached hydrogens (tertiary/aromatic N) is 2. The second kappa shape index (κ2) is 14.2. The predicted molar refractivity (Wildman–Crippen MR) is 138 cm³/mol. The van der Waals surface area contributed by atoms with Crippen molar-refractivity contribution in [1.82, 2.24) is 9.78 Å². The second-order valence-electron chi connectivity index (χ2n) is 9.16. The van der Waals surface area contributed by atoms with Gasteiger partial charge in [0, 0.05) is 12.3 Å². The predicted octanol–water partition coefficient (Wildman–Crippen LogP) is 7.91. The zero-order valence-corrected chi connectivity index (χ0v) is 21.7. The zero-order chi connectivity index (χ0) is 25.0. The van der Waals surface area contributed by atoms with Gasteiger partial charge in [-0.05, 0) is 42.4 Å². The fourth-order valence-corrected chi connectivity index (χ4v) is 3.22. The number of aromatic nitrogens is 2. The summed E-state index contributed by atoms with van der Waals surface area (Å²) in [4.78, 5) is 0. The van der Waals surface area contributed by atoms with Gasteiger partial charge in [0.25, 0.3) is 0 Å². The molecule has 2 heterocycles. The Morgan fingerprint density at radius 3 is 2.30 bits per heavy atom. The van der Waals surface area contributed by atoms with Crippen LogP contribution in [0.25, 0.3) is 11.3 Å². The molecule has 0 saturated carbocycles. The van der Waals surface area contributed by atoms with Gasteiger partial charge in [-0.25, -0.2) is 4.68 Å². The number of unbranched alkanes of at least 4 members (excludes halogenated alkanes) is 4. The number of fused-ring (bicyclic) bond motifs is 1. The summed E-state index contributed by atoms with van der Waals surface area (Å²) in [7, 11) is 0.805. The monoisotopic (exact) mass is 459 g/mol. The molecule has 1 aliphatic heterocycles. The Hall–Kier alpha value is -2.11. The topological polar surface area (TPSA) is 27.1 Å². The molecule has 33 heavy (non-hydrogen) atoms. The molecule has 3 rings (SSSR count). The Morgan fingerprint density at radius 1 is 1.12 bits per heavy atom. The minimum Gasteiger partial charge on any atom is -0.441 e. The Bertz CT molecular complexity index is 860. The molecule has 1 aromatic carbocycles. The number of aryl methyl sites for hydroxylation is 1. The molecule has 0 amide bonds. The summed E-state index contributed by atoms with van der Waals surface area (Å²) < 4.78 is 32.5. The number of halogens is 2. The van der Waals surface area contributed by atoms with Crippen molar-refractivity contribution in [1.29, 1.82) is 0 Å². The molecule has 3 nitrogen and oxygen atoms in total. The number of rotatable bonds is 8. The molecule has 0 unspecified atom stereocenters. The third-order valence-corrected chi connectivity index (χ3v) is 5.27. The number of benzene rings is 1. The van der Waals surface area contributed by atoms with Crippen LogP contribution in [-0.2, 0) is 0 Å². The highest BCUT2D eigenvalue weighted by Gasteiger charge is 2.41. The molecule has 0 saturated heterocycles.